The average molecular weight is 433 g/mol. The van der Waals surface area contributed by atoms with E-state index in [1.807, 2.05) is 0 Å². The van der Waals surface area contributed by atoms with Crippen LogP contribution in [-0.4, -0.2) is 48.3 Å². The third-order valence-corrected chi connectivity index (χ3v) is 6.89. The molecule has 160 valence electrons. The molecule has 1 amide bonds. The maximum Gasteiger partial charge on any atom is 0.269 e. The van der Waals surface area contributed by atoms with Crippen LogP contribution in [0.4, 0.5) is 5.69 Å². The summed E-state index contributed by atoms with van der Waals surface area (Å²) in [5, 5.41) is 23.5. The molecule has 1 unspecified atom stereocenters. The van der Waals surface area contributed by atoms with Crippen molar-refractivity contribution >= 4 is 21.6 Å². The first-order chi connectivity index (χ1) is 14.3. The summed E-state index contributed by atoms with van der Waals surface area (Å²) in [6.07, 6.45) is 1.58. The molecule has 0 spiro atoms. The van der Waals surface area contributed by atoms with Crippen LogP contribution in [0.25, 0.3) is 0 Å². The number of aliphatic hydroxyl groups excluding tert-OH is 1. The van der Waals surface area contributed by atoms with Gasteiger partial charge in [-0.1, -0.05) is 12.5 Å². The minimum Gasteiger partial charge on any atom is -0.387 e. The molecule has 9 nitrogen and oxygen atoms in total. The summed E-state index contributed by atoms with van der Waals surface area (Å²) in [4.78, 5) is 22.7. The van der Waals surface area contributed by atoms with Gasteiger partial charge in [-0.3, -0.25) is 14.9 Å². The number of carbonyl (C=O) groups is 1. The van der Waals surface area contributed by atoms with Gasteiger partial charge in [0.05, 0.1) is 15.9 Å². The Labute approximate surface area is 174 Å². The summed E-state index contributed by atoms with van der Waals surface area (Å²) < 4.78 is 27.0. The molecule has 1 saturated heterocycles. The van der Waals surface area contributed by atoms with Crippen molar-refractivity contribution in [3.63, 3.8) is 0 Å². The highest BCUT2D eigenvalue weighted by atomic mass is 32.2. The number of nitro benzene ring substituents is 1. The first kappa shape index (κ1) is 21.9. The van der Waals surface area contributed by atoms with Crippen molar-refractivity contribution in [1.82, 2.24) is 9.62 Å². The lowest BCUT2D eigenvalue weighted by molar-refractivity contribution is -0.384. The Morgan fingerprint density at radius 1 is 1.13 bits per heavy atom. The molecule has 3 rings (SSSR count). The molecule has 2 aromatic rings. The van der Waals surface area contributed by atoms with Gasteiger partial charge >= 0.3 is 0 Å². The molecule has 2 N–H and O–H groups in total. The minimum absolute atomic E-state index is 0.0629. The Bertz CT molecular complexity index is 1020. The summed E-state index contributed by atoms with van der Waals surface area (Å²) in [7, 11) is -3.65. The van der Waals surface area contributed by atoms with E-state index in [0.717, 1.165) is 19.3 Å². The summed E-state index contributed by atoms with van der Waals surface area (Å²) in [6, 6.07) is 11.2. The third kappa shape index (κ3) is 5.02. The number of benzene rings is 2. The lowest BCUT2D eigenvalue weighted by Gasteiger charge is -2.26. The number of aliphatic hydroxyl groups is 1. The number of non-ortho nitro benzene ring substituents is 1. The normalized spacial score (nSPS) is 16.0. The molecular weight excluding hydrogens is 410 g/mol. The van der Waals surface area contributed by atoms with Crippen molar-refractivity contribution in [2.75, 3.05) is 19.6 Å². The fraction of sp³-hybridized carbons (Fsp3) is 0.350. The number of carbonyl (C=O) groups excluding carboxylic acids is 1. The van der Waals surface area contributed by atoms with Gasteiger partial charge in [-0.2, -0.15) is 4.31 Å². The second-order valence-electron chi connectivity index (χ2n) is 7.07. The molecule has 1 aliphatic heterocycles. The summed E-state index contributed by atoms with van der Waals surface area (Å²) in [6.45, 7) is 0.820. The predicted molar refractivity (Wildman–Crippen MR) is 109 cm³/mol. The molecular formula is C20H23N3O6S. The van der Waals surface area contributed by atoms with E-state index in [0.29, 0.717) is 18.7 Å². The van der Waals surface area contributed by atoms with Gasteiger partial charge in [-0.25, -0.2) is 8.42 Å². The number of hydrogen-bond acceptors (Lipinski definition) is 6. The van der Waals surface area contributed by atoms with Gasteiger partial charge in [0.15, 0.2) is 0 Å². The van der Waals surface area contributed by atoms with Crippen molar-refractivity contribution in [3.8, 4) is 0 Å². The average Bonchev–Trinajstić information content (AvgIpc) is 2.78. The zero-order valence-corrected chi connectivity index (χ0v) is 17.0. The second-order valence-corrected chi connectivity index (χ2v) is 9.00. The van der Waals surface area contributed by atoms with Crippen molar-refractivity contribution in [3.05, 3.63) is 69.8 Å². The van der Waals surface area contributed by atoms with E-state index in [1.54, 1.807) is 0 Å². The van der Waals surface area contributed by atoms with Crippen LogP contribution in [0.2, 0.25) is 0 Å². The highest BCUT2D eigenvalue weighted by molar-refractivity contribution is 7.89. The molecule has 0 aromatic heterocycles. The number of nitrogens with one attached hydrogen (secondary N) is 1. The molecule has 2 aromatic carbocycles. The summed E-state index contributed by atoms with van der Waals surface area (Å²) >= 11 is 0. The first-order valence-corrected chi connectivity index (χ1v) is 11.0. The number of rotatable bonds is 7. The van der Waals surface area contributed by atoms with Crippen LogP contribution in [0.15, 0.2) is 53.4 Å². The number of nitro groups is 1. The number of amides is 1. The fourth-order valence-electron chi connectivity index (χ4n) is 3.28. The van der Waals surface area contributed by atoms with Crippen LogP contribution in [0.1, 0.15) is 41.3 Å². The van der Waals surface area contributed by atoms with Crippen LogP contribution in [-0.2, 0) is 10.0 Å². The molecule has 1 aliphatic rings. The molecule has 0 radical (unpaired) electrons. The van der Waals surface area contributed by atoms with Gasteiger partial charge < -0.3 is 10.4 Å². The highest BCUT2D eigenvalue weighted by Gasteiger charge is 2.26. The topological polar surface area (TPSA) is 130 Å². The van der Waals surface area contributed by atoms with Gasteiger partial charge in [-0.05, 0) is 48.7 Å². The van der Waals surface area contributed by atoms with Crippen molar-refractivity contribution in [2.24, 2.45) is 0 Å². The Hall–Kier alpha value is -2.82. The van der Waals surface area contributed by atoms with Gasteiger partial charge in [0, 0.05) is 37.3 Å². The first-order valence-electron chi connectivity index (χ1n) is 9.60. The number of hydrogen-bond donors (Lipinski definition) is 2. The number of sulfonamides is 1. The summed E-state index contributed by atoms with van der Waals surface area (Å²) in [5.41, 5.74) is 0.494. The Balaban J connectivity index is 1.65. The maximum atomic E-state index is 12.8. The molecule has 0 saturated carbocycles. The minimum atomic E-state index is -3.65. The third-order valence-electron chi connectivity index (χ3n) is 4.99. The summed E-state index contributed by atoms with van der Waals surface area (Å²) in [5.74, 6) is -0.522. The van der Waals surface area contributed by atoms with E-state index in [-0.39, 0.29) is 22.7 Å². The lowest BCUT2D eigenvalue weighted by atomic mass is 10.1. The second kappa shape index (κ2) is 9.33. The fourth-order valence-corrected chi connectivity index (χ4v) is 4.84. The van der Waals surface area contributed by atoms with Crippen molar-refractivity contribution in [2.45, 2.75) is 30.3 Å². The number of nitrogens with zero attached hydrogens (tertiary/aromatic N) is 2. The Kier molecular flexibility index (Phi) is 6.80. The van der Waals surface area contributed by atoms with E-state index in [1.165, 1.54) is 52.8 Å². The number of piperidine rings is 1. The smallest absolute Gasteiger partial charge is 0.269 e. The van der Waals surface area contributed by atoms with E-state index in [2.05, 4.69) is 5.32 Å². The van der Waals surface area contributed by atoms with E-state index in [9.17, 15) is 28.4 Å². The van der Waals surface area contributed by atoms with Gasteiger partial charge in [0.1, 0.15) is 0 Å². The molecule has 1 fully saturated rings. The van der Waals surface area contributed by atoms with Gasteiger partial charge in [0.25, 0.3) is 11.6 Å². The van der Waals surface area contributed by atoms with Crippen LogP contribution in [0, 0.1) is 10.1 Å². The van der Waals surface area contributed by atoms with Crippen LogP contribution in [0.5, 0.6) is 0 Å². The molecule has 10 heteroatoms. The van der Waals surface area contributed by atoms with Gasteiger partial charge in [0.2, 0.25) is 10.0 Å². The van der Waals surface area contributed by atoms with Crippen molar-refractivity contribution in [1.29, 1.82) is 0 Å². The van der Waals surface area contributed by atoms with Crippen LogP contribution >= 0.6 is 0 Å². The SMILES string of the molecule is O=C(NCC(O)c1ccc([N+](=O)[O-])cc1)c1cccc(S(=O)(=O)N2CCCCC2)c1. The van der Waals surface area contributed by atoms with Crippen LogP contribution < -0.4 is 5.32 Å². The van der Waals surface area contributed by atoms with Crippen molar-refractivity contribution < 1.29 is 23.2 Å². The van der Waals surface area contributed by atoms with Crippen LogP contribution in [0.3, 0.4) is 0 Å². The molecule has 0 bridgehead atoms. The molecule has 30 heavy (non-hydrogen) atoms. The standard InChI is InChI=1S/C20H23N3O6S/c24-19(15-7-9-17(10-8-15)23(26)27)14-21-20(25)16-5-4-6-18(13-16)30(28,29)22-11-2-1-3-12-22/h4-10,13,19,24H,1-3,11-12,14H2,(H,21,25). The predicted octanol–water partition coefficient (Wildman–Crippen LogP) is 2.23. The monoisotopic (exact) mass is 433 g/mol. The Morgan fingerprint density at radius 2 is 1.80 bits per heavy atom. The zero-order chi connectivity index (χ0) is 21.7. The maximum absolute atomic E-state index is 12.8. The lowest BCUT2D eigenvalue weighted by Crippen LogP contribution is -2.35. The molecule has 1 atom stereocenters. The quantitative estimate of drug-likeness (QED) is 0.509. The van der Waals surface area contributed by atoms with E-state index >= 15 is 0 Å². The van der Waals surface area contributed by atoms with E-state index < -0.39 is 27.0 Å². The highest BCUT2D eigenvalue weighted by Crippen LogP contribution is 2.22. The Morgan fingerprint density at radius 3 is 2.43 bits per heavy atom. The van der Waals surface area contributed by atoms with Gasteiger partial charge in [-0.15, -0.1) is 0 Å². The zero-order valence-electron chi connectivity index (χ0n) is 16.2. The molecule has 0 aliphatic carbocycles. The largest absolute Gasteiger partial charge is 0.387 e. The molecule has 1 heterocycles. The van der Waals surface area contributed by atoms with E-state index in [4.69, 9.17) is 0 Å².